The number of hydrogen-bond donors (Lipinski definition) is 2. The van der Waals surface area contributed by atoms with Crippen molar-refractivity contribution in [1.82, 2.24) is 9.97 Å². The van der Waals surface area contributed by atoms with Crippen molar-refractivity contribution in [3.05, 3.63) is 47.8 Å². The molecule has 0 spiro atoms. The molecule has 2 N–H and O–H groups in total. The van der Waals surface area contributed by atoms with Crippen LogP contribution < -0.4 is 10.6 Å². The lowest BCUT2D eigenvalue weighted by Gasteiger charge is -2.37. The van der Waals surface area contributed by atoms with Crippen LogP contribution in [0.1, 0.15) is 64.1 Å². The molecule has 2 aliphatic rings. The summed E-state index contributed by atoms with van der Waals surface area (Å²) in [5.74, 6) is 1.61. The summed E-state index contributed by atoms with van der Waals surface area (Å²) in [5.41, 5.74) is 2.74. The molecule has 0 unspecified atom stereocenters. The molecule has 0 bridgehead atoms. The minimum atomic E-state index is -1.83. The van der Waals surface area contributed by atoms with Gasteiger partial charge in [0.1, 0.15) is 24.1 Å². The topological polar surface area (TPSA) is 85.4 Å². The predicted octanol–water partition coefficient (Wildman–Crippen LogP) is 5.72. The first kappa shape index (κ1) is 25.6. The molecule has 4 atom stereocenters. The van der Waals surface area contributed by atoms with Crippen molar-refractivity contribution >= 4 is 25.9 Å². The van der Waals surface area contributed by atoms with Gasteiger partial charge in [-0.15, -0.1) is 0 Å². The molecular formula is C27H40N4O3Si. The van der Waals surface area contributed by atoms with Gasteiger partial charge >= 0.3 is 5.97 Å². The number of anilines is 2. The molecule has 0 radical (unpaired) electrons. The van der Waals surface area contributed by atoms with Gasteiger partial charge in [-0.1, -0.05) is 45.0 Å². The van der Waals surface area contributed by atoms with E-state index in [-0.39, 0.29) is 29.2 Å². The van der Waals surface area contributed by atoms with Crippen LogP contribution in [-0.2, 0) is 20.4 Å². The Labute approximate surface area is 210 Å². The number of carbonyl (C=O) groups is 1. The number of rotatable bonds is 8. The van der Waals surface area contributed by atoms with Crippen LogP contribution in [0, 0.1) is 5.92 Å². The first-order valence-electron chi connectivity index (χ1n) is 12.8. The molecule has 1 aromatic heterocycles. The van der Waals surface area contributed by atoms with Crippen LogP contribution >= 0.6 is 0 Å². The van der Waals surface area contributed by atoms with E-state index in [1.54, 1.807) is 6.33 Å². The summed E-state index contributed by atoms with van der Waals surface area (Å²) in [6.07, 6.45) is 5.18. The van der Waals surface area contributed by atoms with Crippen LogP contribution in [0.15, 0.2) is 36.7 Å². The Balaban J connectivity index is 1.41. The molecule has 35 heavy (non-hydrogen) atoms. The van der Waals surface area contributed by atoms with Crippen LogP contribution in [0.3, 0.4) is 0 Å². The lowest BCUT2D eigenvalue weighted by Crippen LogP contribution is -2.41. The van der Waals surface area contributed by atoms with Crippen molar-refractivity contribution in [2.75, 3.05) is 17.2 Å². The largest absolute Gasteiger partial charge is 0.460 e. The third kappa shape index (κ3) is 6.22. The second kappa shape index (κ2) is 10.3. The number of aromatic nitrogens is 2. The van der Waals surface area contributed by atoms with Gasteiger partial charge in [0.25, 0.3) is 0 Å². The van der Waals surface area contributed by atoms with Crippen molar-refractivity contribution < 1.29 is 14.0 Å². The summed E-state index contributed by atoms with van der Waals surface area (Å²) in [5, 5.41) is 7.27. The fourth-order valence-electron chi connectivity index (χ4n) is 4.86. The summed E-state index contributed by atoms with van der Waals surface area (Å²) in [6.45, 7) is 13.5. The highest BCUT2D eigenvalue weighted by atomic mass is 28.4. The lowest BCUT2D eigenvalue weighted by atomic mass is 10.1. The van der Waals surface area contributed by atoms with Crippen LogP contribution in [-0.4, -0.2) is 43.0 Å². The van der Waals surface area contributed by atoms with Crippen LogP contribution in [0.5, 0.6) is 0 Å². The van der Waals surface area contributed by atoms with Gasteiger partial charge in [-0.05, 0) is 60.9 Å². The number of aryl methyl sites for hydroxylation is 1. The maximum Gasteiger partial charge on any atom is 0.302 e. The highest BCUT2D eigenvalue weighted by Gasteiger charge is 2.41. The first-order valence-corrected chi connectivity index (χ1v) is 15.7. The van der Waals surface area contributed by atoms with E-state index in [1.165, 1.54) is 18.1 Å². The van der Waals surface area contributed by atoms with Crippen LogP contribution in [0.25, 0.3) is 0 Å². The standard InChI is InChI=1S/C27H40N4O3Si/c1-18(32)34-24-14-19(16-33-35(5,6)27(2,3)4)13-23(24)31-26-15-25(28-17-29-26)30-22-12-11-20-9-7-8-10-21(20)22/h7-10,15,17,19,22-24H,11-14,16H2,1-6H3,(H2,28,29,30,31)/t19-,22-,23-,24+/m0/s1. The zero-order valence-corrected chi connectivity index (χ0v) is 22.9. The molecule has 1 saturated carbocycles. The van der Waals surface area contributed by atoms with E-state index in [1.807, 2.05) is 6.07 Å². The minimum Gasteiger partial charge on any atom is -0.460 e. The van der Waals surface area contributed by atoms with Crippen molar-refractivity contribution in [2.45, 2.75) is 89.7 Å². The first-order chi connectivity index (χ1) is 16.5. The van der Waals surface area contributed by atoms with E-state index in [4.69, 9.17) is 9.16 Å². The number of fused-ring (bicyclic) bond motifs is 1. The Hall–Kier alpha value is -2.45. The molecule has 0 aliphatic heterocycles. The van der Waals surface area contributed by atoms with E-state index < -0.39 is 8.32 Å². The van der Waals surface area contributed by atoms with Gasteiger partial charge in [0.05, 0.1) is 12.1 Å². The summed E-state index contributed by atoms with van der Waals surface area (Å²) >= 11 is 0. The summed E-state index contributed by atoms with van der Waals surface area (Å²) in [4.78, 5) is 20.7. The molecule has 190 valence electrons. The number of esters is 1. The van der Waals surface area contributed by atoms with E-state index in [2.05, 4.69) is 78.7 Å². The molecule has 2 aromatic rings. The third-order valence-electron chi connectivity index (χ3n) is 7.86. The molecule has 4 rings (SSSR count). The quantitative estimate of drug-likeness (QED) is 0.357. The van der Waals surface area contributed by atoms with Crippen molar-refractivity contribution in [3.8, 4) is 0 Å². The Kier molecular flexibility index (Phi) is 7.52. The normalized spacial score (nSPS) is 24.2. The molecule has 0 saturated heterocycles. The number of nitrogens with one attached hydrogen (secondary N) is 2. The van der Waals surface area contributed by atoms with Gasteiger partial charge in [-0.2, -0.15) is 0 Å². The number of ether oxygens (including phenoxy) is 1. The van der Waals surface area contributed by atoms with Gasteiger partial charge in [-0.25, -0.2) is 9.97 Å². The summed E-state index contributed by atoms with van der Waals surface area (Å²) in [6, 6.07) is 10.8. The highest BCUT2D eigenvalue weighted by molar-refractivity contribution is 6.74. The number of carbonyl (C=O) groups excluding carboxylic acids is 1. The Morgan fingerprint density at radius 1 is 1.11 bits per heavy atom. The Morgan fingerprint density at radius 3 is 2.54 bits per heavy atom. The number of hydrogen-bond acceptors (Lipinski definition) is 7. The molecule has 8 heteroatoms. The molecule has 7 nitrogen and oxygen atoms in total. The molecule has 0 amide bonds. The summed E-state index contributed by atoms with van der Waals surface area (Å²) < 4.78 is 12.2. The van der Waals surface area contributed by atoms with Gasteiger partial charge in [0.15, 0.2) is 8.32 Å². The maximum absolute atomic E-state index is 11.8. The Morgan fingerprint density at radius 2 is 1.83 bits per heavy atom. The van der Waals surface area contributed by atoms with Crippen molar-refractivity contribution in [2.24, 2.45) is 5.92 Å². The monoisotopic (exact) mass is 496 g/mol. The highest BCUT2D eigenvalue weighted by Crippen LogP contribution is 2.39. The number of benzene rings is 1. The molecular weight excluding hydrogens is 456 g/mol. The smallest absolute Gasteiger partial charge is 0.302 e. The van der Waals surface area contributed by atoms with E-state index in [0.29, 0.717) is 12.5 Å². The fourth-order valence-corrected chi connectivity index (χ4v) is 5.95. The maximum atomic E-state index is 11.8. The molecule has 1 heterocycles. The van der Waals surface area contributed by atoms with Gasteiger partial charge in [0.2, 0.25) is 0 Å². The van der Waals surface area contributed by atoms with Crippen LogP contribution in [0.2, 0.25) is 18.1 Å². The molecule has 1 fully saturated rings. The predicted molar refractivity (Wildman–Crippen MR) is 142 cm³/mol. The zero-order chi connectivity index (χ0) is 25.2. The Bertz CT molecular complexity index is 1040. The molecule has 1 aromatic carbocycles. The average molecular weight is 497 g/mol. The number of nitrogens with zero attached hydrogens (tertiary/aromatic N) is 2. The second-order valence-corrected chi connectivity index (χ2v) is 16.3. The van der Waals surface area contributed by atoms with Gasteiger partial charge in [-0.3, -0.25) is 4.79 Å². The van der Waals surface area contributed by atoms with Gasteiger partial charge < -0.3 is 19.8 Å². The van der Waals surface area contributed by atoms with E-state index in [9.17, 15) is 4.79 Å². The van der Waals surface area contributed by atoms with Gasteiger partial charge in [0, 0.05) is 19.6 Å². The summed E-state index contributed by atoms with van der Waals surface area (Å²) in [7, 11) is -1.83. The molecule has 2 aliphatic carbocycles. The average Bonchev–Trinajstić information content (AvgIpc) is 3.35. The van der Waals surface area contributed by atoms with Crippen molar-refractivity contribution in [1.29, 1.82) is 0 Å². The lowest BCUT2D eigenvalue weighted by molar-refractivity contribution is -0.146. The van der Waals surface area contributed by atoms with Crippen molar-refractivity contribution in [3.63, 3.8) is 0 Å². The third-order valence-corrected chi connectivity index (χ3v) is 12.4. The fraction of sp³-hybridized carbons (Fsp3) is 0.593. The second-order valence-electron chi connectivity index (χ2n) is 11.5. The minimum absolute atomic E-state index is 0.0122. The SMILES string of the molecule is CC(=O)O[C@@H]1C[C@@H](CO[Si](C)(C)C(C)(C)C)C[C@@H]1Nc1cc(N[C@H]2CCc3ccccc32)ncn1. The van der Waals surface area contributed by atoms with E-state index >= 15 is 0 Å². The van der Waals surface area contributed by atoms with E-state index in [0.717, 1.165) is 37.3 Å². The zero-order valence-electron chi connectivity index (χ0n) is 21.9. The van der Waals surface area contributed by atoms with Crippen LogP contribution in [0.4, 0.5) is 11.6 Å².